The second-order valence-corrected chi connectivity index (χ2v) is 5.21. The Morgan fingerprint density at radius 2 is 2.18 bits per heavy atom. The van der Waals surface area contributed by atoms with E-state index in [1.54, 1.807) is 12.1 Å². The van der Waals surface area contributed by atoms with Gasteiger partial charge in [0.2, 0.25) is 0 Å². The maximum atomic E-state index is 11.9. The van der Waals surface area contributed by atoms with Crippen molar-refractivity contribution in [1.29, 1.82) is 0 Å². The fourth-order valence-corrected chi connectivity index (χ4v) is 1.95. The second kappa shape index (κ2) is 6.02. The third kappa shape index (κ3) is 4.36. The van der Waals surface area contributed by atoms with E-state index in [-0.39, 0.29) is 23.3 Å². The number of hydrogen-bond donors (Lipinski definition) is 2. The molecule has 0 aromatic heterocycles. The molecule has 0 saturated heterocycles. The Labute approximate surface area is 110 Å². The summed E-state index contributed by atoms with van der Waals surface area (Å²) < 4.78 is 0.765. The van der Waals surface area contributed by atoms with E-state index in [2.05, 4.69) is 21.2 Å². The predicted molar refractivity (Wildman–Crippen MR) is 71.3 cm³/mol. The number of rotatable bonds is 4. The van der Waals surface area contributed by atoms with Gasteiger partial charge in [-0.1, -0.05) is 15.9 Å². The van der Waals surface area contributed by atoms with E-state index in [0.29, 0.717) is 0 Å². The van der Waals surface area contributed by atoms with Crippen LogP contribution in [0.3, 0.4) is 0 Å². The minimum Gasteiger partial charge on any atom is -0.507 e. The lowest BCUT2D eigenvalue weighted by Gasteiger charge is -2.18. The molecule has 1 atom stereocenters. The van der Waals surface area contributed by atoms with Gasteiger partial charge in [0.15, 0.2) is 0 Å². The number of halogens is 1. The van der Waals surface area contributed by atoms with Gasteiger partial charge in [-0.2, -0.15) is 0 Å². The fourth-order valence-electron chi connectivity index (χ4n) is 1.59. The zero-order valence-corrected chi connectivity index (χ0v) is 11.8. The van der Waals surface area contributed by atoms with E-state index < -0.39 is 0 Å². The lowest BCUT2D eigenvalue weighted by molar-refractivity contribution is 0.0931. The first kappa shape index (κ1) is 14.0. The summed E-state index contributed by atoms with van der Waals surface area (Å²) in [5.74, 6) is -0.277. The minimum atomic E-state index is -0.266. The van der Waals surface area contributed by atoms with Crippen LogP contribution in [0.25, 0.3) is 0 Å². The summed E-state index contributed by atoms with van der Waals surface area (Å²) in [6, 6.07) is 4.81. The number of carbonyl (C=O) groups is 1. The van der Waals surface area contributed by atoms with Crippen LogP contribution < -0.4 is 5.32 Å². The van der Waals surface area contributed by atoms with Crippen molar-refractivity contribution < 1.29 is 9.90 Å². The maximum Gasteiger partial charge on any atom is 0.255 e. The molecule has 0 radical (unpaired) electrons. The van der Waals surface area contributed by atoms with Crippen LogP contribution in [0.15, 0.2) is 22.7 Å². The van der Waals surface area contributed by atoms with Crippen molar-refractivity contribution in [3.8, 4) is 5.75 Å². The summed E-state index contributed by atoms with van der Waals surface area (Å²) in [6.07, 6.45) is 0. The number of phenols is 1. The van der Waals surface area contributed by atoms with Crippen molar-refractivity contribution in [2.24, 2.45) is 0 Å². The van der Waals surface area contributed by atoms with Crippen molar-refractivity contribution in [2.45, 2.75) is 13.0 Å². The SMILES string of the molecule is CC(CN(C)C)NC(=O)c1cc(Br)ccc1O. The summed E-state index contributed by atoms with van der Waals surface area (Å²) in [4.78, 5) is 13.9. The highest BCUT2D eigenvalue weighted by molar-refractivity contribution is 9.10. The molecule has 0 saturated carbocycles. The highest BCUT2D eigenvalue weighted by atomic mass is 79.9. The van der Waals surface area contributed by atoms with Gasteiger partial charge >= 0.3 is 0 Å². The highest BCUT2D eigenvalue weighted by Gasteiger charge is 2.14. The number of phenolic OH excluding ortho intramolecular Hbond substituents is 1. The third-order valence-electron chi connectivity index (χ3n) is 2.22. The molecule has 5 heteroatoms. The molecular formula is C12H17BrN2O2. The normalized spacial score (nSPS) is 12.5. The van der Waals surface area contributed by atoms with Crippen LogP contribution >= 0.6 is 15.9 Å². The van der Waals surface area contributed by atoms with Crippen LogP contribution in [0.4, 0.5) is 0 Å². The molecule has 1 amide bonds. The number of hydrogen-bond acceptors (Lipinski definition) is 3. The molecule has 2 N–H and O–H groups in total. The van der Waals surface area contributed by atoms with Crippen molar-refractivity contribution in [2.75, 3.05) is 20.6 Å². The van der Waals surface area contributed by atoms with E-state index in [4.69, 9.17) is 0 Å². The smallest absolute Gasteiger partial charge is 0.255 e. The van der Waals surface area contributed by atoms with Gasteiger partial charge in [0.25, 0.3) is 5.91 Å². The van der Waals surface area contributed by atoms with Crippen molar-refractivity contribution in [3.05, 3.63) is 28.2 Å². The Morgan fingerprint density at radius 3 is 2.76 bits per heavy atom. The van der Waals surface area contributed by atoms with Gasteiger partial charge in [-0.25, -0.2) is 0 Å². The van der Waals surface area contributed by atoms with E-state index in [0.717, 1.165) is 11.0 Å². The molecule has 17 heavy (non-hydrogen) atoms. The first-order valence-corrected chi connectivity index (χ1v) is 6.13. The molecule has 0 aliphatic rings. The molecule has 1 rings (SSSR count). The zero-order chi connectivity index (χ0) is 13.0. The highest BCUT2D eigenvalue weighted by Crippen LogP contribution is 2.21. The summed E-state index contributed by atoms with van der Waals surface area (Å²) in [7, 11) is 3.89. The van der Waals surface area contributed by atoms with Crippen molar-refractivity contribution in [1.82, 2.24) is 10.2 Å². The summed E-state index contributed by atoms with van der Waals surface area (Å²) in [6.45, 7) is 2.67. The number of nitrogens with one attached hydrogen (secondary N) is 1. The molecule has 0 aliphatic heterocycles. The van der Waals surface area contributed by atoms with E-state index in [1.165, 1.54) is 6.07 Å². The molecule has 1 aromatic rings. The Hall–Kier alpha value is -1.07. The Balaban J connectivity index is 2.73. The van der Waals surface area contributed by atoms with E-state index in [9.17, 15) is 9.90 Å². The number of aromatic hydroxyl groups is 1. The molecule has 0 heterocycles. The quantitative estimate of drug-likeness (QED) is 0.892. The summed E-state index contributed by atoms with van der Waals surface area (Å²) >= 11 is 3.27. The molecule has 0 bridgehead atoms. The number of nitrogens with zero attached hydrogens (tertiary/aromatic N) is 1. The van der Waals surface area contributed by atoms with E-state index >= 15 is 0 Å². The zero-order valence-electron chi connectivity index (χ0n) is 10.2. The van der Waals surface area contributed by atoms with Crippen LogP contribution in [0.2, 0.25) is 0 Å². The Kier molecular flexibility index (Phi) is 4.96. The van der Waals surface area contributed by atoms with Crippen LogP contribution in [0, 0.1) is 0 Å². The standard InChI is InChI=1S/C12H17BrN2O2/c1-8(7-15(2)3)14-12(17)10-6-9(13)4-5-11(10)16/h4-6,8,16H,7H2,1-3H3,(H,14,17). The third-order valence-corrected chi connectivity index (χ3v) is 2.71. The molecule has 94 valence electrons. The first-order valence-electron chi connectivity index (χ1n) is 5.34. The van der Waals surface area contributed by atoms with Gasteiger partial charge in [0.1, 0.15) is 5.75 Å². The average Bonchev–Trinajstić information content (AvgIpc) is 2.20. The largest absolute Gasteiger partial charge is 0.507 e. The summed E-state index contributed by atoms with van der Waals surface area (Å²) in [5, 5.41) is 12.4. The number of amides is 1. The number of benzene rings is 1. The van der Waals surface area contributed by atoms with Gasteiger partial charge in [0.05, 0.1) is 5.56 Å². The van der Waals surface area contributed by atoms with Gasteiger partial charge in [-0.05, 0) is 39.2 Å². The Morgan fingerprint density at radius 1 is 1.53 bits per heavy atom. The number of likely N-dealkylation sites (N-methyl/N-ethyl adjacent to an activating group) is 1. The predicted octanol–water partition coefficient (Wildman–Crippen LogP) is 1.83. The number of carbonyl (C=O) groups excluding carboxylic acids is 1. The monoisotopic (exact) mass is 300 g/mol. The maximum absolute atomic E-state index is 11.9. The van der Waals surface area contributed by atoms with Crippen LogP contribution in [-0.4, -0.2) is 42.6 Å². The van der Waals surface area contributed by atoms with Gasteiger partial charge in [-0.15, -0.1) is 0 Å². The summed E-state index contributed by atoms with van der Waals surface area (Å²) in [5.41, 5.74) is 0.282. The van der Waals surface area contributed by atoms with E-state index in [1.807, 2.05) is 25.9 Å². The molecule has 1 unspecified atom stereocenters. The van der Waals surface area contributed by atoms with Crippen LogP contribution in [-0.2, 0) is 0 Å². The lowest BCUT2D eigenvalue weighted by atomic mass is 10.1. The molecular weight excluding hydrogens is 284 g/mol. The first-order chi connectivity index (χ1) is 7.90. The lowest BCUT2D eigenvalue weighted by Crippen LogP contribution is -2.39. The molecule has 4 nitrogen and oxygen atoms in total. The fraction of sp³-hybridized carbons (Fsp3) is 0.417. The van der Waals surface area contributed by atoms with Gasteiger partial charge in [-0.3, -0.25) is 4.79 Å². The van der Waals surface area contributed by atoms with Crippen LogP contribution in [0.1, 0.15) is 17.3 Å². The minimum absolute atomic E-state index is 0.0113. The topological polar surface area (TPSA) is 52.6 Å². The molecule has 1 aromatic carbocycles. The molecule has 0 spiro atoms. The van der Waals surface area contributed by atoms with Crippen molar-refractivity contribution in [3.63, 3.8) is 0 Å². The van der Waals surface area contributed by atoms with Crippen molar-refractivity contribution >= 4 is 21.8 Å². The van der Waals surface area contributed by atoms with Gasteiger partial charge < -0.3 is 15.3 Å². The second-order valence-electron chi connectivity index (χ2n) is 4.30. The molecule has 0 fully saturated rings. The van der Waals surface area contributed by atoms with Crippen LogP contribution in [0.5, 0.6) is 5.75 Å². The van der Waals surface area contributed by atoms with Gasteiger partial charge in [0, 0.05) is 17.1 Å². The Bertz CT molecular complexity index is 407. The molecule has 0 aliphatic carbocycles. The average molecular weight is 301 g/mol.